The van der Waals surface area contributed by atoms with Crippen molar-refractivity contribution < 1.29 is 4.79 Å². The SMILES string of the molecule is Cc1cc(Cl)cc(C(=O)Nc2cc(N)ccc2Cl)c1. The lowest BCUT2D eigenvalue weighted by atomic mass is 10.1. The fraction of sp³-hybridized carbons (Fsp3) is 0.0714. The van der Waals surface area contributed by atoms with Gasteiger partial charge in [0.05, 0.1) is 10.7 Å². The second kappa shape index (κ2) is 5.51. The highest BCUT2D eigenvalue weighted by molar-refractivity contribution is 6.34. The van der Waals surface area contributed by atoms with Crippen LogP contribution in [0.25, 0.3) is 0 Å². The largest absolute Gasteiger partial charge is 0.399 e. The van der Waals surface area contributed by atoms with Crippen molar-refractivity contribution in [1.82, 2.24) is 0 Å². The van der Waals surface area contributed by atoms with Gasteiger partial charge in [0.25, 0.3) is 5.91 Å². The maximum atomic E-state index is 12.1. The molecular weight excluding hydrogens is 283 g/mol. The van der Waals surface area contributed by atoms with Gasteiger partial charge in [-0.15, -0.1) is 0 Å². The summed E-state index contributed by atoms with van der Waals surface area (Å²) in [7, 11) is 0. The fourth-order valence-corrected chi connectivity index (χ4v) is 2.16. The van der Waals surface area contributed by atoms with Crippen molar-refractivity contribution in [3.63, 3.8) is 0 Å². The number of nitrogens with two attached hydrogens (primary N) is 1. The smallest absolute Gasteiger partial charge is 0.255 e. The van der Waals surface area contributed by atoms with Crippen LogP contribution in [0.4, 0.5) is 11.4 Å². The van der Waals surface area contributed by atoms with E-state index in [2.05, 4.69) is 5.32 Å². The summed E-state index contributed by atoms with van der Waals surface area (Å²) in [6, 6.07) is 10.0. The van der Waals surface area contributed by atoms with Crippen molar-refractivity contribution in [2.45, 2.75) is 6.92 Å². The third kappa shape index (κ3) is 3.40. The molecule has 19 heavy (non-hydrogen) atoms. The maximum absolute atomic E-state index is 12.1. The van der Waals surface area contributed by atoms with Crippen molar-refractivity contribution >= 4 is 40.5 Å². The van der Waals surface area contributed by atoms with Gasteiger partial charge in [-0.3, -0.25) is 4.79 Å². The molecule has 1 amide bonds. The molecule has 0 aromatic heterocycles. The average molecular weight is 295 g/mol. The summed E-state index contributed by atoms with van der Waals surface area (Å²) in [4.78, 5) is 12.1. The Labute approximate surface area is 121 Å². The number of hydrogen-bond acceptors (Lipinski definition) is 2. The molecule has 0 unspecified atom stereocenters. The van der Waals surface area contributed by atoms with E-state index in [1.807, 2.05) is 6.92 Å². The number of amides is 1. The van der Waals surface area contributed by atoms with E-state index in [0.29, 0.717) is 27.0 Å². The standard InChI is InChI=1S/C14H12Cl2N2O/c1-8-4-9(6-10(15)5-8)14(19)18-13-7-11(17)2-3-12(13)16/h2-7H,17H2,1H3,(H,18,19). The Morgan fingerprint density at radius 2 is 1.89 bits per heavy atom. The van der Waals surface area contributed by atoms with Crippen LogP contribution in [-0.4, -0.2) is 5.91 Å². The first-order chi connectivity index (χ1) is 8.95. The van der Waals surface area contributed by atoms with Crippen molar-refractivity contribution in [3.8, 4) is 0 Å². The molecule has 0 aliphatic rings. The van der Waals surface area contributed by atoms with Crippen LogP contribution >= 0.6 is 23.2 Å². The normalized spacial score (nSPS) is 10.3. The number of rotatable bonds is 2. The number of nitrogens with one attached hydrogen (secondary N) is 1. The first-order valence-corrected chi connectivity index (χ1v) is 6.35. The molecule has 0 spiro atoms. The summed E-state index contributed by atoms with van der Waals surface area (Å²) >= 11 is 11.9. The molecule has 0 saturated heterocycles. The molecule has 0 aliphatic heterocycles. The third-order valence-electron chi connectivity index (χ3n) is 2.54. The molecule has 0 aliphatic carbocycles. The Hall–Kier alpha value is -1.71. The quantitative estimate of drug-likeness (QED) is 0.818. The highest BCUT2D eigenvalue weighted by Gasteiger charge is 2.10. The molecule has 3 N–H and O–H groups in total. The van der Waals surface area contributed by atoms with Crippen LogP contribution < -0.4 is 11.1 Å². The van der Waals surface area contributed by atoms with Crippen LogP contribution in [0.15, 0.2) is 36.4 Å². The predicted molar refractivity (Wildman–Crippen MR) is 80.0 cm³/mol. The summed E-state index contributed by atoms with van der Waals surface area (Å²) in [6.07, 6.45) is 0. The molecule has 2 rings (SSSR count). The summed E-state index contributed by atoms with van der Waals surface area (Å²) in [5, 5.41) is 3.66. The highest BCUT2D eigenvalue weighted by Crippen LogP contribution is 2.25. The number of benzene rings is 2. The number of nitrogen functional groups attached to an aromatic ring is 1. The Morgan fingerprint density at radius 3 is 2.58 bits per heavy atom. The molecule has 5 heteroatoms. The number of hydrogen-bond donors (Lipinski definition) is 2. The highest BCUT2D eigenvalue weighted by atomic mass is 35.5. The molecule has 0 fully saturated rings. The molecule has 0 saturated carbocycles. The molecule has 0 heterocycles. The molecule has 0 atom stereocenters. The van der Waals surface area contributed by atoms with Crippen LogP contribution in [0.5, 0.6) is 0 Å². The van der Waals surface area contributed by atoms with Gasteiger partial charge in [0.15, 0.2) is 0 Å². The van der Waals surface area contributed by atoms with Crippen LogP contribution in [0, 0.1) is 6.92 Å². The summed E-state index contributed by atoms with van der Waals surface area (Å²) in [5.41, 5.74) is 8.05. The van der Waals surface area contributed by atoms with Crippen molar-refractivity contribution in [2.75, 3.05) is 11.1 Å². The van der Waals surface area contributed by atoms with Crippen LogP contribution in [0.3, 0.4) is 0 Å². The average Bonchev–Trinajstić information content (AvgIpc) is 2.32. The Morgan fingerprint density at radius 1 is 1.16 bits per heavy atom. The molecule has 2 aromatic carbocycles. The van der Waals surface area contributed by atoms with Gasteiger partial charge >= 0.3 is 0 Å². The molecule has 3 nitrogen and oxygen atoms in total. The van der Waals surface area contributed by atoms with Gasteiger partial charge in [-0.05, 0) is 48.9 Å². The van der Waals surface area contributed by atoms with Gasteiger partial charge in [0.1, 0.15) is 0 Å². The Balaban J connectivity index is 2.28. The van der Waals surface area contributed by atoms with E-state index in [1.54, 1.807) is 36.4 Å². The summed E-state index contributed by atoms with van der Waals surface area (Å²) in [5.74, 6) is -0.280. The molecular formula is C14H12Cl2N2O. The van der Waals surface area contributed by atoms with E-state index in [4.69, 9.17) is 28.9 Å². The van der Waals surface area contributed by atoms with Crippen LogP contribution in [0.2, 0.25) is 10.0 Å². The molecule has 2 aromatic rings. The van der Waals surface area contributed by atoms with Crippen LogP contribution in [-0.2, 0) is 0 Å². The summed E-state index contributed by atoms with van der Waals surface area (Å²) < 4.78 is 0. The van der Waals surface area contributed by atoms with Gasteiger partial charge < -0.3 is 11.1 Å². The monoisotopic (exact) mass is 294 g/mol. The third-order valence-corrected chi connectivity index (χ3v) is 3.09. The lowest BCUT2D eigenvalue weighted by Crippen LogP contribution is -2.12. The van der Waals surface area contributed by atoms with E-state index in [-0.39, 0.29) is 5.91 Å². The Kier molecular flexibility index (Phi) is 3.98. The second-order valence-corrected chi connectivity index (χ2v) is 5.05. The van der Waals surface area contributed by atoms with E-state index < -0.39 is 0 Å². The lowest BCUT2D eigenvalue weighted by molar-refractivity contribution is 0.102. The van der Waals surface area contributed by atoms with E-state index in [9.17, 15) is 4.79 Å². The fourth-order valence-electron chi connectivity index (χ4n) is 1.70. The van der Waals surface area contributed by atoms with Crippen LogP contribution in [0.1, 0.15) is 15.9 Å². The topological polar surface area (TPSA) is 55.1 Å². The Bertz CT molecular complexity index is 621. The zero-order chi connectivity index (χ0) is 14.0. The number of aryl methyl sites for hydroxylation is 1. The maximum Gasteiger partial charge on any atom is 0.255 e. The summed E-state index contributed by atoms with van der Waals surface area (Å²) in [6.45, 7) is 1.87. The zero-order valence-corrected chi connectivity index (χ0v) is 11.7. The minimum absolute atomic E-state index is 0.280. The van der Waals surface area contributed by atoms with Gasteiger partial charge in [-0.2, -0.15) is 0 Å². The molecule has 98 valence electrons. The number of anilines is 2. The number of halogens is 2. The van der Waals surface area contributed by atoms with Gasteiger partial charge in [0.2, 0.25) is 0 Å². The van der Waals surface area contributed by atoms with Crippen molar-refractivity contribution in [1.29, 1.82) is 0 Å². The lowest BCUT2D eigenvalue weighted by Gasteiger charge is -2.09. The minimum Gasteiger partial charge on any atom is -0.399 e. The van der Waals surface area contributed by atoms with Crippen molar-refractivity contribution in [3.05, 3.63) is 57.6 Å². The van der Waals surface area contributed by atoms with Gasteiger partial charge in [-0.1, -0.05) is 23.2 Å². The first-order valence-electron chi connectivity index (χ1n) is 5.59. The molecule has 0 bridgehead atoms. The number of carbonyl (C=O) groups is 1. The zero-order valence-electron chi connectivity index (χ0n) is 10.2. The minimum atomic E-state index is -0.280. The van der Waals surface area contributed by atoms with E-state index in [1.165, 1.54) is 0 Å². The predicted octanol–water partition coefficient (Wildman–Crippen LogP) is 4.14. The van der Waals surface area contributed by atoms with Gasteiger partial charge in [-0.25, -0.2) is 0 Å². The van der Waals surface area contributed by atoms with E-state index >= 15 is 0 Å². The first kappa shape index (κ1) is 13.7. The van der Waals surface area contributed by atoms with E-state index in [0.717, 1.165) is 5.56 Å². The second-order valence-electron chi connectivity index (χ2n) is 4.21. The van der Waals surface area contributed by atoms with Gasteiger partial charge in [0, 0.05) is 16.3 Å². The van der Waals surface area contributed by atoms with Crippen molar-refractivity contribution in [2.24, 2.45) is 0 Å². The number of carbonyl (C=O) groups excluding carboxylic acids is 1. The molecule has 0 radical (unpaired) electrons.